The first-order valence-corrected chi connectivity index (χ1v) is 12.5. The van der Waals surface area contributed by atoms with Crippen LogP contribution in [0.3, 0.4) is 0 Å². The molecule has 1 saturated heterocycles. The van der Waals surface area contributed by atoms with Gasteiger partial charge in [0.2, 0.25) is 5.91 Å². The average molecular weight is 500 g/mol. The summed E-state index contributed by atoms with van der Waals surface area (Å²) in [6.45, 7) is 3.88. The maximum absolute atomic E-state index is 16.0. The minimum atomic E-state index is -0.503. The van der Waals surface area contributed by atoms with Crippen LogP contribution in [0, 0.1) is 5.82 Å². The number of halogens is 1. The van der Waals surface area contributed by atoms with E-state index in [1.54, 1.807) is 12.3 Å². The molecule has 10 nitrogen and oxygen atoms in total. The second kappa shape index (κ2) is 9.57. The minimum absolute atomic E-state index is 0.116. The van der Waals surface area contributed by atoms with Crippen LogP contribution < -0.4 is 10.2 Å². The molecule has 6 rings (SSSR count). The van der Waals surface area contributed by atoms with Gasteiger partial charge in [-0.3, -0.25) is 14.9 Å². The van der Waals surface area contributed by atoms with Crippen molar-refractivity contribution in [3.05, 3.63) is 42.7 Å². The second-order valence-electron chi connectivity index (χ2n) is 9.20. The van der Waals surface area contributed by atoms with E-state index in [0.717, 1.165) is 43.6 Å². The molecule has 1 aliphatic rings. The lowest BCUT2D eigenvalue weighted by Gasteiger charge is -2.28. The monoisotopic (exact) mass is 499 g/mol. The van der Waals surface area contributed by atoms with E-state index in [9.17, 15) is 4.79 Å². The number of nitrogens with zero attached hydrogens (tertiary/aromatic N) is 6. The van der Waals surface area contributed by atoms with Crippen LogP contribution in [0.15, 0.2) is 36.9 Å². The molecule has 11 heteroatoms. The quantitative estimate of drug-likeness (QED) is 0.305. The number of fused-ring (bicyclic) bond motifs is 2. The summed E-state index contributed by atoms with van der Waals surface area (Å²) in [5.41, 5.74) is 4.24. The number of anilines is 2. The van der Waals surface area contributed by atoms with Crippen LogP contribution in [-0.2, 0) is 4.79 Å². The maximum Gasteiger partial charge on any atom is 0.224 e. The standard InChI is InChI=1S/C26H26FN9O/c1-2-6-19(37)31-16-11-15(12-28-13-16)17-14-30-24-20(21(17)27)23(34-35-24)26-32-22-18(7-8-29-25(22)33-26)36-9-4-3-5-10-36/h7-8,11-14H,2-6,9-10H2,1H3,(H,31,37)(H,29,32,33)(H,30,34,35). The van der Waals surface area contributed by atoms with Gasteiger partial charge in [0.15, 0.2) is 17.1 Å². The number of nitrogens with one attached hydrogen (secondary N) is 3. The van der Waals surface area contributed by atoms with Gasteiger partial charge in [0.25, 0.3) is 0 Å². The van der Waals surface area contributed by atoms with Crippen LogP contribution in [0.2, 0.25) is 0 Å². The largest absolute Gasteiger partial charge is 0.370 e. The number of piperidine rings is 1. The molecule has 0 aromatic carbocycles. The molecule has 0 radical (unpaired) electrons. The summed E-state index contributed by atoms with van der Waals surface area (Å²) >= 11 is 0. The highest BCUT2D eigenvalue weighted by Gasteiger charge is 2.23. The van der Waals surface area contributed by atoms with Crippen LogP contribution in [0.4, 0.5) is 15.8 Å². The van der Waals surface area contributed by atoms with Gasteiger partial charge in [-0.2, -0.15) is 5.10 Å². The van der Waals surface area contributed by atoms with Crippen molar-refractivity contribution in [2.45, 2.75) is 39.0 Å². The van der Waals surface area contributed by atoms with E-state index in [0.29, 0.717) is 40.5 Å². The molecule has 3 N–H and O–H groups in total. The van der Waals surface area contributed by atoms with E-state index in [1.807, 2.05) is 13.0 Å². The third-order valence-corrected chi connectivity index (χ3v) is 6.62. The Morgan fingerprint density at radius 1 is 1.14 bits per heavy atom. The summed E-state index contributed by atoms with van der Waals surface area (Å²) in [4.78, 5) is 35.4. The molecule has 1 aliphatic heterocycles. The number of imidazole rings is 1. The topological polar surface area (TPSA) is 128 Å². The number of rotatable bonds is 6. The molecule has 0 saturated carbocycles. The lowest BCUT2D eigenvalue weighted by atomic mass is 10.1. The van der Waals surface area contributed by atoms with Gasteiger partial charge < -0.3 is 15.2 Å². The lowest BCUT2D eigenvalue weighted by molar-refractivity contribution is -0.116. The highest BCUT2D eigenvalue weighted by molar-refractivity contribution is 5.96. The van der Waals surface area contributed by atoms with Crippen molar-refractivity contribution in [3.63, 3.8) is 0 Å². The van der Waals surface area contributed by atoms with E-state index in [4.69, 9.17) is 4.98 Å². The average Bonchev–Trinajstić information content (AvgIpc) is 3.54. The summed E-state index contributed by atoms with van der Waals surface area (Å²) in [6.07, 6.45) is 10.9. The Morgan fingerprint density at radius 3 is 2.84 bits per heavy atom. The Bertz CT molecular complexity index is 1600. The van der Waals surface area contributed by atoms with Crippen molar-refractivity contribution in [1.82, 2.24) is 35.1 Å². The van der Waals surface area contributed by atoms with Crippen molar-refractivity contribution < 1.29 is 9.18 Å². The van der Waals surface area contributed by atoms with E-state index in [2.05, 4.69) is 40.3 Å². The van der Waals surface area contributed by atoms with Gasteiger partial charge in [0.1, 0.15) is 17.0 Å². The van der Waals surface area contributed by atoms with Crippen molar-refractivity contribution in [2.75, 3.05) is 23.3 Å². The highest BCUT2D eigenvalue weighted by atomic mass is 19.1. The van der Waals surface area contributed by atoms with Crippen LogP contribution in [-0.4, -0.2) is 54.1 Å². The Labute approximate surface area is 211 Å². The Kier molecular flexibility index (Phi) is 5.95. The molecule has 1 amide bonds. The van der Waals surface area contributed by atoms with E-state index < -0.39 is 5.82 Å². The fraction of sp³-hybridized carbons (Fsp3) is 0.308. The number of carbonyl (C=O) groups excluding carboxylic acids is 1. The normalized spacial score (nSPS) is 13.9. The molecular weight excluding hydrogens is 473 g/mol. The molecule has 5 aromatic rings. The summed E-state index contributed by atoms with van der Waals surface area (Å²) in [7, 11) is 0. The molecule has 5 aromatic heterocycles. The Balaban J connectivity index is 1.41. The fourth-order valence-electron chi connectivity index (χ4n) is 4.83. The summed E-state index contributed by atoms with van der Waals surface area (Å²) in [5.74, 6) is -0.206. The molecule has 0 unspecified atom stereocenters. The predicted molar refractivity (Wildman–Crippen MR) is 140 cm³/mol. The third kappa shape index (κ3) is 4.26. The summed E-state index contributed by atoms with van der Waals surface area (Å²) < 4.78 is 16.0. The van der Waals surface area contributed by atoms with Gasteiger partial charge in [0, 0.05) is 49.2 Å². The van der Waals surface area contributed by atoms with Crippen LogP contribution >= 0.6 is 0 Å². The molecule has 188 valence electrons. The zero-order valence-electron chi connectivity index (χ0n) is 20.4. The molecule has 0 spiro atoms. The minimum Gasteiger partial charge on any atom is -0.370 e. The van der Waals surface area contributed by atoms with Gasteiger partial charge in [-0.05, 0) is 37.8 Å². The number of hydrogen-bond donors (Lipinski definition) is 3. The highest BCUT2D eigenvalue weighted by Crippen LogP contribution is 2.34. The van der Waals surface area contributed by atoms with Gasteiger partial charge in [-0.25, -0.2) is 19.3 Å². The fourth-order valence-corrected chi connectivity index (χ4v) is 4.83. The zero-order valence-corrected chi connectivity index (χ0v) is 20.4. The molecule has 0 aliphatic carbocycles. The van der Waals surface area contributed by atoms with Gasteiger partial charge in [0.05, 0.1) is 23.0 Å². The smallest absolute Gasteiger partial charge is 0.224 e. The Hall–Kier alpha value is -4.41. The molecular formula is C26H26FN9O. The number of aromatic nitrogens is 7. The van der Waals surface area contributed by atoms with Crippen LogP contribution in [0.5, 0.6) is 0 Å². The van der Waals surface area contributed by atoms with Crippen molar-refractivity contribution >= 4 is 39.5 Å². The SMILES string of the molecule is CCCC(=O)Nc1cncc(-c2cnc3[nH]nc(-c4nc5c(N6CCCCC6)ccnc5[nH]4)c3c2F)c1. The number of aromatic amines is 2. The van der Waals surface area contributed by atoms with Crippen LogP contribution in [0.25, 0.3) is 44.8 Å². The number of hydrogen-bond acceptors (Lipinski definition) is 7. The van der Waals surface area contributed by atoms with Crippen molar-refractivity contribution in [3.8, 4) is 22.6 Å². The van der Waals surface area contributed by atoms with E-state index in [1.165, 1.54) is 25.0 Å². The lowest BCUT2D eigenvalue weighted by Crippen LogP contribution is -2.29. The van der Waals surface area contributed by atoms with E-state index in [-0.39, 0.29) is 16.9 Å². The molecule has 0 atom stereocenters. The van der Waals surface area contributed by atoms with Gasteiger partial charge in [-0.1, -0.05) is 6.92 Å². The zero-order chi connectivity index (χ0) is 25.4. The van der Waals surface area contributed by atoms with Gasteiger partial charge in [-0.15, -0.1) is 0 Å². The van der Waals surface area contributed by atoms with E-state index >= 15 is 4.39 Å². The third-order valence-electron chi connectivity index (χ3n) is 6.62. The molecule has 1 fully saturated rings. The van der Waals surface area contributed by atoms with Gasteiger partial charge >= 0.3 is 0 Å². The maximum atomic E-state index is 16.0. The first-order chi connectivity index (χ1) is 18.1. The molecule has 0 bridgehead atoms. The van der Waals surface area contributed by atoms with Crippen molar-refractivity contribution in [2.24, 2.45) is 0 Å². The first-order valence-electron chi connectivity index (χ1n) is 12.5. The number of amides is 1. The molecule has 37 heavy (non-hydrogen) atoms. The summed E-state index contributed by atoms with van der Waals surface area (Å²) in [6, 6.07) is 3.66. The summed E-state index contributed by atoms with van der Waals surface area (Å²) in [5, 5.41) is 10.2. The van der Waals surface area contributed by atoms with Crippen molar-refractivity contribution in [1.29, 1.82) is 0 Å². The number of pyridine rings is 3. The number of H-pyrrole nitrogens is 2. The number of carbonyl (C=O) groups is 1. The molecule has 6 heterocycles. The first kappa shape index (κ1) is 23.0. The predicted octanol–water partition coefficient (Wildman–Crippen LogP) is 4.83. The second-order valence-corrected chi connectivity index (χ2v) is 9.20. The van der Waals surface area contributed by atoms with Crippen LogP contribution in [0.1, 0.15) is 39.0 Å². The Morgan fingerprint density at radius 2 is 2.00 bits per heavy atom.